The number of nitrogens with one attached hydrogen (secondary N) is 1. The van der Waals surface area contributed by atoms with Gasteiger partial charge in [0.15, 0.2) is 5.76 Å². The summed E-state index contributed by atoms with van der Waals surface area (Å²) in [6, 6.07) is 1.84. The third kappa shape index (κ3) is 3.38. The third-order valence-electron chi connectivity index (χ3n) is 5.72. The molecular weight excluding hydrogens is 336 g/mol. The molecule has 3 aliphatic rings. The molecule has 1 aromatic heterocycles. The maximum atomic E-state index is 12.7. The van der Waals surface area contributed by atoms with E-state index in [4.69, 9.17) is 13.9 Å². The summed E-state index contributed by atoms with van der Waals surface area (Å²) >= 11 is 0. The number of nitrogens with zero attached hydrogens (tertiary/aromatic N) is 1. The number of amides is 2. The van der Waals surface area contributed by atoms with Gasteiger partial charge in [0.2, 0.25) is 5.91 Å². The van der Waals surface area contributed by atoms with Gasteiger partial charge in [-0.05, 0) is 26.3 Å². The van der Waals surface area contributed by atoms with Gasteiger partial charge in [0, 0.05) is 37.0 Å². The van der Waals surface area contributed by atoms with Crippen LogP contribution in [0.15, 0.2) is 10.5 Å². The molecule has 0 aromatic carbocycles. The quantitative estimate of drug-likeness (QED) is 0.869. The summed E-state index contributed by atoms with van der Waals surface area (Å²) in [6.45, 7) is 7.64. The molecule has 7 heteroatoms. The van der Waals surface area contributed by atoms with Gasteiger partial charge in [-0.3, -0.25) is 9.59 Å². The van der Waals surface area contributed by atoms with Crippen LogP contribution in [0.1, 0.15) is 28.3 Å². The zero-order chi connectivity index (χ0) is 18.3. The third-order valence-corrected chi connectivity index (χ3v) is 5.72. The van der Waals surface area contributed by atoms with Crippen LogP contribution in [0.2, 0.25) is 0 Å². The number of likely N-dealkylation sites (tertiary alicyclic amines) is 1. The molecule has 7 nitrogen and oxygen atoms in total. The van der Waals surface area contributed by atoms with Crippen molar-refractivity contribution in [2.24, 2.45) is 17.8 Å². The normalized spacial score (nSPS) is 30.6. The number of carbonyl (C=O) groups excluding carboxylic acids is 2. The van der Waals surface area contributed by atoms with Crippen LogP contribution in [0.5, 0.6) is 0 Å². The van der Waals surface area contributed by atoms with Gasteiger partial charge in [-0.1, -0.05) is 0 Å². The van der Waals surface area contributed by atoms with Crippen LogP contribution in [0.3, 0.4) is 0 Å². The zero-order valence-corrected chi connectivity index (χ0v) is 15.3. The van der Waals surface area contributed by atoms with E-state index in [2.05, 4.69) is 5.32 Å². The van der Waals surface area contributed by atoms with Gasteiger partial charge in [-0.15, -0.1) is 0 Å². The molecule has 4 rings (SSSR count). The first kappa shape index (κ1) is 17.5. The van der Waals surface area contributed by atoms with Crippen molar-refractivity contribution in [2.75, 3.05) is 39.5 Å². The fraction of sp³-hybridized carbons (Fsp3) is 0.684. The van der Waals surface area contributed by atoms with Crippen LogP contribution in [0.4, 0.5) is 0 Å². The summed E-state index contributed by atoms with van der Waals surface area (Å²) in [6.07, 6.45) is 0.521. The van der Waals surface area contributed by atoms with Crippen molar-refractivity contribution >= 4 is 11.8 Å². The zero-order valence-electron chi connectivity index (χ0n) is 15.3. The highest BCUT2D eigenvalue weighted by atomic mass is 16.5. The van der Waals surface area contributed by atoms with Gasteiger partial charge in [0.25, 0.3) is 5.91 Å². The minimum atomic E-state index is -0.235. The number of carbonyl (C=O) groups is 2. The number of hydrogen-bond donors (Lipinski definition) is 1. The largest absolute Gasteiger partial charge is 0.456 e. The van der Waals surface area contributed by atoms with E-state index in [0.29, 0.717) is 37.2 Å². The summed E-state index contributed by atoms with van der Waals surface area (Å²) in [5.41, 5.74) is 0.823. The average Bonchev–Trinajstić information content (AvgIpc) is 3.35. The van der Waals surface area contributed by atoms with E-state index in [9.17, 15) is 9.59 Å². The minimum Gasteiger partial charge on any atom is -0.456 e. The van der Waals surface area contributed by atoms with Crippen LogP contribution in [-0.4, -0.2) is 62.3 Å². The molecule has 0 radical (unpaired) electrons. The Morgan fingerprint density at radius 3 is 2.58 bits per heavy atom. The first-order valence-electron chi connectivity index (χ1n) is 9.34. The van der Waals surface area contributed by atoms with E-state index < -0.39 is 0 Å². The van der Waals surface area contributed by atoms with Gasteiger partial charge >= 0.3 is 0 Å². The lowest BCUT2D eigenvalue weighted by atomic mass is 10.0. The van der Waals surface area contributed by atoms with Crippen molar-refractivity contribution < 1.29 is 23.5 Å². The monoisotopic (exact) mass is 362 g/mol. The summed E-state index contributed by atoms with van der Waals surface area (Å²) in [4.78, 5) is 26.9. The maximum Gasteiger partial charge on any atom is 0.287 e. The fourth-order valence-electron chi connectivity index (χ4n) is 4.30. The first-order valence-corrected chi connectivity index (χ1v) is 9.34. The molecule has 1 N–H and O–H groups in total. The molecule has 0 bridgehead atoms. The van der Waals surface area contributed by atoms with Crippen molar-refractivity contribution in [3.8, 4) is 0 Å². The second-order valence-corrected chi connectivity index (χ2v) is 7.77. The number of aryl methyl sites for hydroxylation is 2. The smallest absolute Gasteiger partial charge is 0.287 e. The van der Waals surface area contributed by atoms with Crippen molar-refractivity contribution in [1.82, 2.24) is 10.2 Å². The highest BCUT2D eigenvalue weighted by Gasteiger charge is 2.42. The average molecular weight is 362 g/mol. The molecule has 26 heavy (non-hydrogen) atoms. The fourth-order valence-corrected chi connectivity index (χ4v) is 4.30. The SMILES string of the molecule is Cc1cc(C)c(C(=O)NC[C@@H]2C[C@H](C(=O)N3C[C@H]4COC[C@H]4C3)CO2)o1. The van der Waals surface area contributed by atoms with Crippen LogP contribution < -0.4 is 5.32 Å². The lowest BCUT2D eigenvalue weighted by molar-refractivity contribution is -0.134. The van der Waals surface area contributed by atoms with E-state index in [0.717, 1.165) is 37.6 Å². The lowest BCUT2D eigenvalue weighted by Gasteiger charge is -2.20. The Morgan fingerprint density at radius 1 is 1.19 bits per heavy atom. The number of furan rings is 1. The van der Waals surface area contributed by atoms with Gasteiger partial charge in [-0.25, -0.2) is 0 Å². The predicted molar refractivity (Wildman–Crippen MR) is 92.7 cm³/mol. The van der Waals surface area contributed by atoms with E-state index >= 15 is 0 Å². The summed E-state index contributed by atoms with van der Waals surface area (Å²) in [5, 5.41) is 2.86. The van der Waals surface area contributed by atoms with Crippen LogP contribution in [0, 0.1) is 31.6 Å². The second-order valence-electron chi connectivity index (χ2n) is 7.77. The van der Waals surface area contributed by atoms with Crippen molar-refractivity contribution in [3.05, 3.63) is 23.2 Å². The topological polar surface area (TPSA) is 81.0 Å². The predicted octanol–water partition coefficient (Wildman–Crippen LogP) is 1.14. The second kappa shape index (κ2) is 7.04. The molecule has 0 unspecified atom stereocenters. The van der Waals surface area contributed by atoms with Gasteiger partial charge in [0.1, 0.15) is 5.76 Å². The van der Waals surface area contributed by atoms with Crippen molar-refractivity contribution in [1.29, 1.82) is 0 Å². The number of rotatable bonds is 4. The summed E-state index contributed by atoms with van der Waals surface area (Å²) < 4.78 is 16.6. The number of ether oxygens (including phenoxy) is 2. The molecular formula is C19H26N2O5. The van der Waals surface area contributed by atoms with E-state index in [1.54, 1.807) is 0 Å². The Morgan fingerprint density at radius 2 is 1.92 bits per heavy atom. The molecule has 3 fully saturated rings. The molecule has 4 heterocycles. The highest BCUT2D eigenvalue weighted by molar-refractivity contribution is 5.92. The van der Waals surface area contributed by atoms with Crippen LogP contribution in [-0.2, 0) is 14.3 Å². The molecule has 142 valence electrons. The van der Waals surface area contributed by atoms with Gasteiger partial charge in [-0.2, -0.15) is 0 Å². The molecule has 3 aliphatic heterocycles. The number of fused-ring (bicyclic) bond motifs is 1. The standard InChI is InChI=1S/C19H26N2O5/c1-11-3-12(2)26-17(11)18(22)20-5-16-4-13(10-25-16)19(23)21-6-14-8-24-9-15(14)7-21/h3,13-16H,4-10H2,1-2H3,(H,20,22)/t13-,14-,15+,16-/m0/s1. The van der Waals surface area contributed by atoms with E-state index in [1.807, 2.05) is 24.8 Å². The Labute approximate surface area is 153 Å². The Kier molecular flexibility index (Phi) is 4.75. The Hall–Kier alpha value is -1.86. The maximum absolute atomic E-state index is 12.7. The van der Waals surface area contributed by atoms with Gasteiger partial charge in [0.05, 0.1) is 31.8 Å². The molecule has 0 saturated carbocycles. The molecule has 4 atom stereocenters. The van der Waals surface area contributed by atoms with Crippen LogP contribution in [0.25, 0.3) is 0 Å². The molecule has 0 aliphatic carbocycles. The molecule has 0 spiro atoms. The summed E-state index contributed by atoms with van der Waals surface area (Å²) in [7, 11) is 0. The Balaban J connectivity index is 1.25. The van der Waals surface area contributed by atoms with Crippen molar-refractivity contribution in [3.63, 3.8) is 0 Å². The van der Waals surface area contributed by atoms with Gasteiger partial charge < -0.3 is 24.1 Å². The highest BCUT2D eigenvalue weighted by Crippen LogP contribution is 2.31. The molecule has 1 aromatic rings. The van der Waals surface area contributed by atoms with Crippen molar-refractivity contribution in [2.45, 2.75) is 26.4 Å². The summed E-state index contributed by atoms with van der Waals surface area (Å²) in [5.74, 6) is 1.90. The Bertz CT molecular complexity index is 688. The van der Waals surface area contributed by atoms with Crippen LogP contribution >= 0.6 is 0 Å². The first-order chi connectivity index (χ1) is 12.5. The molecule has 2 amide bonds. The van der Waals surface area contributed by atoms with E-state index in [-0.39, 0.29) is 23.8 Å². The van der Waals surface area contributed by atoms with E-state index in [1.165, 1.54) is 0 Å². The minimum absolute atomic E-state index is 0.107. The number of hydrogen-bond acceptors (Lipinski definition) is 5. The molecule has 3 saturated heterocycles. The lowest BCUT2D eigenvalue weighted by Crippen LogP contribution is -2.36.